The lowest BCUT2D eigenvalue weighted by Gasteiger charge is -2.09. The van der Waals surface area contributed by atoms with Crippen LogP contribution in [0.5, 0.6) is 11.5 Å². The van der Waals surface area contributed by atoms with Crippen LogP contribution < -0.4 is 14.5 Å². The molecular formula is C24H16O7S. The van der Waals surface area contributed by atoms with Gasteiger partial charge in [0.15, 0.2) is 11.3 Å². The van der Waals surface area contributed by atoms with Crippen LogP contribution in [-0.2, 0) is 10.1 Å². The fraction of sp³-hybridized carbons (Fsp3) is 0.0417. The molecule has 2 aromatic heterocycles. The molecular weight excluding hydrogens is 432 g/mol. The van der Waals surface area contributed by atoms with E-state index in [9.17, 15) is 13.2 Å². The van der Waals surface area contributed by atoms with Gasteiger partial charge in [0, 0.05) is 22.4 Å². The summed E-state index contributed by atoms with van der Waals surface area (Å²) in [7, 11) is -2.49. The van der Waals surface area contributed by atoms with Crippen molar-refractivity contribution < 1.29 is 26.2 Å². The molecule has 0 atom stereocenters. The van der Waals surface area contributed by atoms with Crippen LogP contribution in [0.4, 0.5) is 0 Å². The molecule has 0 fully saturated rings. The Morgan fingerprint density at radius 1 is 0.844 bits per heavy atom. The van der Waals surface area contributed by atoms with E-state index in [4.69, 9.17) is 17.8 Å². The molecule has 0 bridgehead atoms. The fourth-order valence-corrected chi connectivity index (χ4v) is 4.43. The molecule has 5 rings (SSSR count). The monoisotopic (exact) mass is 448 g/mol. The van der Waals surface area contributed by atoms with E-state index in [2.05, 4.69) is 0 Å². The highest BCUT2D eigenvalue weighted by molar-refractivity contribution is 7.87. The topological polar surface area (TPSA) is 96.0 Å². The molecule has 0 spiro atoms. The standard InChI is InChI=1S/C24H16O7S/c1-28-21-9-5-6-15-12-22(30-24(15)21)19-14-23(25)29-20-11-10-16(13-18(19)20)31-32(26,27)17-7-3-2-4-8-17/h2-14H,1H3. The van der Waals surface area contributed by atoms with Gasteiger partial charge in [-0.3, -0.25) is 0 Å². The normalized spacial score (nSPS) is 11.7. The third kappa shape index (κ3) is 3.50. The van der Waals surface area contributed by atoms with Crippen molar-refractivity contribution in [3.8, 4) is 22.8 Å². The molecule has 2 heterocycles. The Kier molecular flexibility index (Phi) is 4.71. The second kappa shape index (κ2) is 7.58. The molecule has 0 saturated carbocycles. The third-order valence-corrected chi connectivity index (χ3v) is 6.21. The Balaban J connectivity index is 1.65. The number of hydrogen-bond donors (Lipinski definition) is 0. The highest BCUT2D eigenvalue weighted by atomic mass is 32.2. The first-order chi connectivity index (χ1) is 15.4. The molecule has 0 aliphatic rings. The van der Waals surface area contributed by atoms with E-state index >= 15 is 0 Å². The van der Waals surface area contributed by atoms with E-state index in [0.29, 0.717) is 28.0 Å². The number of hydrogen-bond acceptors (Lipinski definition) is 7. The van der Waals surface area contributed by atoms with Crippen LogP contribution in [-0.4, -0.2) is 15.5 Å². The van der Waals surface area contributed by atoms with Gasteiger partial charge in [-0.1, -0.05) is 30.3 Å². The van der Waals surface area contributed by atoms with Gasteiger partial charge >= 0.3 is 15.7 Å². The zero-order chi connectivity index (χ0) is 22.3. The maximum Gasteiger partial charge on any atom is 0.339 e. The molecule has 160 valence electrons. The van der Waals surface area contributed by atoms with E-state index < -0.39 is 15.7 Å². The van der Waals surface area contributed by atoms with Gasteiger partial charge < -0.3 is 17.8 Å². The Morgan fingerprint density at radius 3 is 2.44 bits per heavy atom. The molecule has 0 N–H and O–H groups in total. The summed E-state index contributed by atoms with van der Waals surface area (Å²) in [6, 6.07) is 20.8. The fourth-order valence-electron chi connectivity index (χ4n) is 3.49. The van der Waals surface area contributed by atoms with Gasteiger partial charge in [-0.05, 0) is 42.5 Å². The quantitative estimate of drug-likeness (QED) is 0.276. The van der Waals surface area contributed by atoms with Crippen LogP contribution >= 0.6 is 0 Å². The number of rotatable bonds is 5. The van der Waals surface area contributed by atoms with Crippen molar-refractivity contribution in [2.45, 2.75) is 4.90 Å². The van der Waals surface area contributed by atoms with Gasteiger partial charge in [-0.15, -0.1) is 0 Å². The summed E-state index contributed by atoms with van der Waals surface area (Å²) in [5, 5.41) is 1.25. The Bertz CT molecular complexity index is 1610. The minimum absolute atomic E-state index is 0.0318. The van der Waals surface area contributed by atoms with E-state index in [-0.39, 0.29) is 16.2 Å². The minimum atomic E-state index is -4.03. The SMILES string of the molecule is COc1cccc2cc(-c3cc(=O)oc4ccc(OS(=O)(=O)c5ccccc5)cc34)oc12. The summed E-state index contributed by atoms with van der Waals surface area (Å²) in [5.41, 5.74) is 0.678. The Hall–Kier alpha value is -4.04. The number of ether oxygens (including phenoxy) is 1. The van der Waals surface area contributed by atoms with Crippen molar-refractivity contribution in [3.63, 3.8) is 0 Å². The van der Waals surface area contributed by atoms with Gasteiger partial charge in [0.2, 0.25) is 0 Å². The molecule has 0 radical (unpaired) electrons. The summed E-state index contributed by atoms with van der Waals surface area (Å²) in [6.45, 7) is 0. The molecule has 0 saturated heterocycles. The lowest BCUT2D eigenvalue weighted by molar-refractivity contribution is 0.411. The van der Waals surface area contributed by atoms with Crippen LogP contribution in [0.15, 0.2) is 97.4 Å². The molecule has 8 heteroatoms. The van der Waals surface area contributed by atoms with E-state index in [1.54, 1.807) is 37.4 Å². The van der Waals surface area contributed by atoms with Gasteiger partial charge in [0.25, 0.3) is 0 Å². The minimum Gasteiger partial charge on any atom is -0.493 e. The average molecular weight is 448 g/mol. The predicted octanol–water partition coefficient (Wildman–Crippen LogP) is 4.98. The summed E-state index contributed by atoms with van der Waals surface area (Å²) >= 11 is 0. The van der Waals surface area contributed by atoms with Crippen LogP contribution in [0.1, 0.15) is 0 Å². The molecule has 5 aromatic rings. The first-order valence-corrected chi connectivity index (χ1v) is 11.0. The number of benzene rings is 3. The zero-order valence-electron chi connectivity index (χ0n) is 16.8. The van der Waals surface area contributed by atoms with Gasteiger partial charge in [0.1, 0.15) is 22.0 Å². The average Bonchev–Trinajstić information content (AvgIpc) is 3.23. The molecule has 7 nitrogen and oxygen atoms in total. The van der Waals surface area contributed by atoms with Crippen LogP contribution in [0.2, 0.25) is 0 Å². The summed E-state index contributed by atoms with van der Waals surface area (Å²) in [6.07, 6.45) is 0. The lowest BCUT2D eigenvalue weighted by atomic mass is 10.1. The van der Waals surface area contributed by atoms with E-state index in [0.717, 1.165) is 5.39 Å². The van der Waals surface area contributed by atoms with Crippen LogP contribution in [0.25, 0.3) is 33.3 Å². The van der Waals surface area contributed by atoms with Crippen molar-refractivity contribution in [3.05, 3.63) is 89.3 Å². The largest absolute Gasteiger partial charge is 0.493 e. The molecule has 3 aromatic carbocycles. The van der Waals surface area contributed by atoms with Crippen LogP contribution in [0, 0.1) is 0 Å². The van der Waals surface area contributed by atoms with Crippen molar-refractivity contribution in [1.29, 1.82) is 0 Å². The molecule has 0 aliphatic heterocycles. The van der Waals surface area contributed by atoms with Gasteiger partial charge in [-0.2, -0.15) is 8.42 Å². The molecule has 0 amide bonds. The van der Waals surface area contributed by atoms with Gasteiger partial charge in [0.05, 0.1) is 7.11 Å². The van der Waals surface area contributed by atoms with E-state index in [1.165, 1.54) is 36.4 Å². The number of furan rings is 1. The third-order valence-electron chi connectivity index (χ3n) is 4.95. The second-order valence-corrected chi connectivity index (χ2v) is 8.52. The van der Waals surface area contributed by atoms with E-state index in [1.807, 2.05) is 12.1 Å². The smallest absolute Gasteiger partial charge is 0.339 e. The lowest BCUT2D eigenvalue weighted by Crippen LogP contribution is -2.09. The number of methoxy groups -OCH3 is 1. The van der Waals surface area contributed by atoms with Crippen LogP contribution in [0.3, 0.4) is 0 Å². The van der Waals surface area contributed by atoms with Gasteiger partial charge in [-0.25, -0.2) is 4.79 Å². The summed E-state index contributed by atoms with van der Waals surface area (Å²) < 4.78 is 47.1. The highest BCUT2D eigenvalue weighted by Crippen LogP contribution is 2.37. The molecule has 32 heavy (non-hydrogen) atoms. The predicted molar refractivity (Wildman–Crippen MR) is 118 cm³/mol. The number of fused-ring (bicyclic) bond motifs is 2. The molecule has 0 aliphatic carbocycles. The second-order valence-electron chi connectivity index (χ2n) is 6.98. The van der Waals surface area contributed by atoms with Crippen molar-refractivity contribution >= 4 is 32.1 Å². The first-order valence-electron chi connectivity index (χ1n) is 9.59. The maximum absolute atomic E-state index is 12.6. The number of para-hydroxylation sites is 1. The van der Waals surface area contributed by atoms with Crippen molar-refractivity contribution in [1.82, 2.24) is 0 Å². The highest BCUT2D eigenvalue weighted by Gasteiger charge is 2.19. The maximum atomic E-state index is 12.6. The van der Waals surface area contributed by atoms with Crippen molar-refractivity contribution in [2.75, 3.05) is 7.11 Å². The zero-order valence-corrected chi connectivity index (χ0v) is 17.6. The summed E-state index contributed by atoms with van der Waals surface area (Å²) in [4.78, 5) is 12.2. The Labute approximate surface area is 182 Å². The first kappa shape index (κ1) is 19.9. The Morgan fingerprint density at radius 2 is 1.66 bits per heavy atom. The molecule has 0 unspecified atom stereocenters. The summed E-state index contributed by atoms with van der Waals surface area (Å²) in [5.74, 6) is 1.04. The van der Waals surface area contributed by atoms with Crippen molar-refractivity contribution in [2.24, 2.45) is 0 Å².